The number of rotatable bonds is 5. The maximum Gasteiger partial charge on any atom is 0.240 e. The Balaban J connectivity index is 1.73. The summed E-state index contributed by atoms with van der Waals surface area (Å²) in [6.45, 7) is 6.24. The van der Waals surface area contributed by atoms with E-state index in [9.17, 15) is 8.42 Å². The molecule has 0 saturated heterocycles. The van der Waals surface area contributed by atoms with E-state index < -0.39 is 10.0 Å². The van der Waals surface area contributed by atoms with Crippen LogP contribution >= 0.6 is 0 Å². The fourth-order valence-electron chi connectivity index (χ4n) is 3.75. The van der Waals surface area contributed by atoms with Crippen LogP contribution in [-0.2, 0) is 10.0 Å². The predicted octanol–water partition coefficient (Wildman–Crippen LogP) is 4.97. The number of sulfonamides is 1. The van der Waals surface area contributed by atoms with Crippen LogP contribution in [0.5, 0.6) is 0 Å². The fourth-order valence-corrected chi connectivity index (χ4v) is 5.06. The molecule has 0 radical (unpaired) electrons. The van der Waals surface area contributed by atoms with Gasteiger partial charge in [-0.15, -0.1) is 0 Å². The SMILES string of the molecule is Cc1cc(C)c(C=Nc2ccc(S(=O)(=O)NC3CCCCC3)cc2)c(C)c1. The average Bonchev–Trinajstić information content (AvgIpc) is 2.61. The first-order valence-corrected chi connectivity index (χ1v) is 11.1. The lowest BCUT2D eigenvalue weighted by Gasteiger charge is -2.22. The van der Waals surface area contributed by atoms with Gasteiger partial charge in [0.05, 0.1) is 10.6 Å². The highest BCUT2D eigenvalue weighted by molar-refractivity contribution is 7.89. The Labute approximate surface area is 162 Å². The third-order valence-corrected chi connectivity index (χ3v) is 6.69. The van der Waals surface area contributed by atoms with Crippen LogP contribution in [0.3, 0.4) is 0 Å². The van der Waals surface area contributed by atoms with Crippen LogP contribution < -0.4 is 4.72 Å². The summed E-state index contributed by atoms with van der Waals surface area (Å²) in [5.41, 5.74) is 5.46. The Kier molecular flexibility index (Phi) is 6.12. The zero-order chi connectivity index (χ0) is 19.4. The summed E-state index contributed by atoms with van der Waals surface area (Å²) in [5.74, 6) is 0. The molecule has 27 heavy (non-hydrogen) atoms. The minimum absolute atomic E-state index is 0.0638. The van der Waals surface area contributed by atoms with Crippen molar-refractivity contribution in [2.24, 2.45) is 4.99 Å². The van der Waals surface area contributed by atoms with Crippen LogP contribution in [0, 0.1) is 20.8 Å². The van der Waals surface area contributed by atoms with E-state index >= 15 is 0 Å². The van der Waals surface area contributed by atoms with Crippen LogP contribution in [0.1, 0.15) is 54.4 Å². The maximum absolute atomic E-state index is 12.6. The van der Waals surface area contributed by atoms with Gasteiger partial charge in [-0.2, -0.15) is 0 Å². The summed E-state index contributed by atoms with van der Waals surface area (Å²) in [6.07, 6.45) is 7.10. The van der Waals surface area contributed by atoms with Crippen LogP contribution in [0.2, 0.25) is 0 Å². The third kappa shape index (κ3) is 5.05. The molecular weight excluding hydrogens is 356 g/mol. The molecule has 1 N–H and O–H groups in total. The fraction of sp³-hybridized carbons (Fsp3) is 0.409. The highest BCUT2D eigenvalue weighted by Gasteiger charge is 2.21. The quantitative estimate of drug-likeness (QED) is 0.740. The van der Waals surface area contributed by atoms with E-state index in [1.165, 1.54) is 23.1 Å². The van der Waals surface area contributed by atoms with Gasteiger partial charge in [0.25, 0.3) is 0 Å². The van der Waals surface area contributed by atoms with Crippen LogP contribution in [0.15, 0.2) is 46.3 Å². The lowest BCUT2D eigenvalue weighted by molar-refractivity contribution is 0.412. The maximum atomic E-state index is 12.6. The van der Waals surface area contributed by atoms with E-state index in [-0.39, 0.29) is 6.04 Å². The summed E-state index contributed by atoms with van der Waals surface area (Å²) in [6, 6.07) is 11.1. The molecule has 144 valence electrons. The van der Waals surface area contributed by atoms with E-state index in [2.05, 4.69) is 42.6 Å². The molecule has 0 atom stereocenters. The number of hydrogen-bond acceptors (Lipinski definition) is 3. The third-order valence-electron chi connectivity index (χ3n) is 5.15. The van der Waals surface area contributed by atoms with Crippen LogP contribution in [0.4, 0.5) is 5.69 Å². The summed E-state index contributed by atoms with van der Waals surface area (Å²) in [7, 11) is -3.46. The Bertz CT molecular complexity index is 902. The van der Waals surface area contributed by atoms with Gasteiger partial charge in [0.15, 0.2) is 0 Å². The molecule has 0 spiro atoms. The highest BCUT2D eigenvalue weighted by Crippen LogP contribution is 2.22. The van der Waals surface area contributed by atoms with Crippen LogP contribution in [0.25, 0.3) is 0 Å². The number of hydrogen-bond donors (Lipinski definition) is 1. The molecule has 4 nitrogen and oxygen atoms in total. The molecule has 1 aliphatic rings. The minimum Gasteiger partial charge on any atom is -0.256 e. The zero-order valence-corrected chi connectivity index (χ0v) is 17.1. The van der Waals surface area contributed by atoms with E-state index in [1.54, 1.807) is 24.3 Å². The molecule has 1 fully saturated rings. The van der Waals surface area contributed by atoms with E-state index in [4.69, 9.17) is 0 Å². The van der Waals surface area contributed by atoms with Crippen molar-refractivity contribution < 1.29 is 8.42 Å². The summed E-state index contributed by atoms with van der Waals surface area (Å²) >= 11 is 0. The first kappa shape index (κ1) is 19.8. The lowest BCUT2D eigenvalue weighted by Crippen LogP contribution is -2.36. The molecule has 0 heterocycles. The standard InChI is InChI=1S/C22H28N2O2S/c1-16-13-17(2)22(18(3)14-16)15-23-19-9-11-21(12-10-19)27(25,26)24-20-7-5-4-6-8-20/h9-15,20,24H,4-8H2,1-3H3. The van der Waals surface area contributed by atoms with Crippen molar-refractivity contribution in [3.05, 3.63) is 58.7 Å². The van der Waals surface area contributed by atoms with Gasteiger partial charge in [0, 0.05) is 12.3 Å². The van der Waals surface area contributed by atoms with Crippen molar-refractivity contribution in [1.82, 2.24) is 4.72 Å². The predicted molar refractivity (Wildman–Crippen MR) is 112 cm³/mol. The molecule has 0 aliphatic heterocycles. The molecule has 3 rings (SSSR count). The van der Waals surface area contributed by atoms with Gasteiger partial charge >= 0.3 is 0 Å². The molecule has 0 amide bonds. The van der Waals surface area contributed by atoms with Gasteiger partial charge in [-0.25, -0.2) is 13.1 Å². The van der Waals surface area contributed by atoms with Crippen molar-refractivity contribution >= 4 is 21.9 Å². The first-order valence-electron chi connectivity index (χ1n) is 9.59. The van der Waals surface area contributed by atoms with Gasteiger partial charge in [0.2, 0.25) is 10.0 Å². The number of nitrogens with zero attached hydrogens (tertiary/aromatic N) is 1. The Hall–Kier alpha value is -1.98. The normalized spacial score (nSPS) is 16.1. The first-order chi connectivity index (χ1) is 12.8. The highest BCUT2D eigenvalue weighted by atomic mass is 32.2. The van der Waals surface area contributed by atoms with Gasteiger partial charge in [-0.05, 0) is 74.6 Å². The smallest absolute Gasteiger partial charge is 0.240 e. The molecule has 2 aromatic carbocycles. The van der Waals surface area contributed by atoms with E-state index in [1.807, 2.05) is 6.21 Å². The van der Waals surface area contributed by atoms with Gasteiger partial charge in [-0.3, -0.25) is 4.99 Å². The van der Waals surface area contributed by atoms with Crippen molar-refractivity contribution in [2.45, 2.75) is 63.8 Å². The Morgan fingerprint density at radius 1 is 0.963 bits per heavy atom. The Morgan fingerprint density at radius 3 is 2.15 bits per heavy atom. The second-order valence-corrected chi connectivity index (χ2v) is 9.23. The largest absolute Gasteiger partial charge is 0.256 e. The molecule has 0 unspecified atom stereocenters. The van der Waals surface area contributed by atoms with Crippen molar-refractivity contribution in [3.8, 4) is 0 Å². The van der Waals surface area contributed by atoms with Gasteiger partial charge in [-0.1, -0.05) is 37.0 Å². The molecule has 1 saturated carbocycles. The second-order valence-electron chi connectivity index (χ2n) is 7.52. The van der Waals surface area contributed by atoms with Crippen molar-refractivity contribution in [2.75, 3.05) is 0 Å². The van der Waals surface area contributed by atoms with Gasteiger partial charge < -0.3 is 0 Å². The molecule has 0 aromatic heterocycles. The molecule has 5 heteroatoms. The monoisotopic (exact) mass is 384 g/mol. The second kappa shape index (κ2) is 8.36. The van der Waals surface area contributed by atoms with Crippen LogP contribution in [-0.4, -0.2) is 20.7 Å². The summed E-state index contributed by atoms with van der Waals surface area (Å²) in [4.78, 5) is 4.83. The minimum atomic E-state index is -3.46. The lowest BCUT2D eigenvalue weighted by atomic mass is 9.96. The number of aliphatic imine (C=N–C) groups is 1. The topological polar surface area (TPSA) is 58.5 Å². The summed E-state index contributed by atoms with van der Waals surface area (Å²) in [5, 5.41) is 0. The number of benzene rings is 2. The van der Waals surface area contributed by atoms with E-state index in [0.717, 1.165) is 36.9 Å². The summed E-state index contributed by atoms with van der Waals surface area (Å²) < 4.78 is 28.0. The number of nitrogens with one attached hydrogen (secondary N) is 1. The van der Waals surface area contributed by atoms with Crippen molar-refractivity contribution in [3.63, 3.8) is 0 Å². The molecular formula is C22H28N2O2S. The zero-order valence-electron chi connectivity index (χ0n) is 16.3. The van der Waals surface area contributed by atoms with Gasteiger partial charge in [0.1, 0.15) is 0 Å². The molecule has 0 bridgehead atoms. The van der Waals surface area contributed by atoms with Crippen molar-refractivity contribution in [1.29, 1.82) is 0 Å². The Morgan fingerprint density at radius 2 is 1.56 bits per heavy atom. The van der Waals surface area contributed by atoms with E-state index in [0.29, 0.717) is 4.90 Å². The number of aryl methyl sites for hydroxylation is 3. The molecule has 1 aliphatic carbocycles. The molecule has 2 aromatic rings. The average molecular weight is 385 g/mol.